The Kier molecular flexibility index (Phi) is 4.39. The largest absolute Gasteiger partial charge is 0.456 e. The molecule has 0 rings (SSSR count). The van der Waals surface area contributed by atoms with Crippen LogP contribution in [0, 0.1) is 5.41 Å². The maximum atomic E-state index is 10.6. The molecule has 0 radical (unpaired) electrons. The van der Waals surface area contributed by atoms with E-state index in [-0.39, 0.29) is 0 Å². The van der Waals surface area contributed by atoms with Crippen LogP contribution in [0.25, 0.3) is 0 Å². The Balaban J connectivity index is 3.60. The van der Waals surface area contributed by atoms with Crippen LogP contribution >= 0.6 is 0 Å². The number of esters is 1. The minimum absolute atomic E-state index is 0.473. The highest BCUT2D eigenvalue weighted by molar-refractivity contribution is 5.95. The zero-order valence-electron chi connectivity index (χ0n) is 6.38. The van der Waals surface area contributed by atoms with Gasteiger partial charge in [0.1, 0.15) is 0 Å². The molecule has 7 nitrogen and oxygen atoms in total. The third-order valence-electron chi connectivity index (χ3n) is 0.783. The molecule has 0 aromatic rings. The molecule has 0 saturated carbocycles. The number of hydroxylamine groups is 1. The molecule has 0 atom stereocenters. The summed E-state index contributed by atoms with van der Waals surface area (Å²) in [6.07, 6.45) is 0. The van der Waals surface area contributed by atoms with E-state index in [4.69, 9.17) is 10.6 Å². The van der Waals surface area contributed by atoms with E-state index in [0.29, 0.717) is 0 Å². The van der Waals surface area contributed by atoms with Crippen molar-refractivity contribution in [1.29, 1.82) is 5.41 Å². The lowest BCUT2D eigenvalue weighted by molar-refractivity contribution is -0.146. The van der Waals surface area contributed by atoms with Crippen molar-refractivity contribution < 1.29 is 19.5 Å². The van der Waals surface area contributed by atoms with Crippen molar-refractivity contribution in [3.05, 3.63) is 0 Å². The van der Waals surface area contributed by atoms with Gasteiger partial charge in [-0.3, -0.25) is 25.5 Å². The zero-order valence-corrected chi connectivity index (χ0v) is 6.38. The molecule has 0 saturated heterocycles. The average molecular weight is 175 g/mol. The number of hydrogen-bond donors (Lipinski definition) is 4. The van der Waals surface area contributed by atoms with Gasteiger partial charge >= 0.3 is 5.97 Å². The number of carbonyl (C=O) groups is 2. The van der Waals surface area contributed by atoms with Crippen LogP contribution in [0.1, 0.15) is 6.92 Å². The number of amides is 1. The highest BCUT2D eigenvalue weighted by Crippen LogP contribution is 1.75. The molecule has 0 spiro atoms. The van der Waals surface area contributed by atoms with Gasteiger partial charge in [-0.05, 0) is 0 Å². The number of ether oxygens (including phenoxy) is 1. The fraction of sp³-hybridized carbons (Fsp3) is 0.400. The van der Waals surface area contributed by atoms with Crippen molar-refractivity contribution in [2.24, 2.45) is 0 Å². The maximum Gasteiger partial charge on any atom is 0.303 e. The Labute approximate surface area is 68.2 Å². The quantitative estimate of drug-likeness (QED) is 0.178. The van der Waals surface area contributed by atoms with Crippen LogP contribution in [-0.4, -0.2) is 29.7 Å². The monoisotopic (exact) mass is 175 g/mol. The number of guanidine groups is 1. The summed E-state index contributed by atoms with van der Waals surface area (Å²) >= 11 is 0. The van der Waals surface area contributed by atoms with E-state index in [1.54, 1.807) is 0 Å². The van der Waals surface area contributed by atoms with Crippen molar-refractivity contribution in [3.63, 3.8) is 0 Å². The molecule has 4 N–H and O–H groups in total. The molecule has 0 aliphatic rings. The first kappa shape index (κ1) is 10.4. The first-order valence-electron chi connectivity index (χ1n) is 2.98. The Morgan fingerprint density at radius 2 is 2.17 bits per heavy atom. The Hall–Kier alpha value is -1.63. The van der Waals surface area contributed by atoms with Gasteiger partial charge < -0.3 is 4.74 Å². The summed E-state index contributed by atoms with van der Waals surface area (Å²) in [5.74, 6) is -1.86. The topological polar surface area (TPSA) is 112 Å². The number of rotatable bonds is 2. The average Bonchev–Trinajstić information content (AvgIpc) is 2.00. The lowest BCUT2D eigenvalue weighted by Crippen LogP contribution is -2.40. The normalized spacial score (nSPS) is 8.50. The second kappa shape index (κ2) is 5.08. The molecule has 0 aliphatic heterocycles. The van der Waals surface area contributed by atoms with E-state index in [1.807, 2.05) is 5.32 Å². The predicted molar refractivity (Wildman–Crippen MR) is 37.4 cm³/mol. The second-order valence-corrected chi connectivity index (χ2v) is 1.82. The molecular weight excluding hydrogens is 166 g/mol. The fourth-order valence-corrected chi connectivity index (χ4v) is 0.371. The minimum atomic E-state index is -0.697. The van der Waals surface area contributed by atoms with Gasteiger partial charge in [-0.25, -0.2) is 5.48 Å². The first-order valence-corrected chi connectivity index (χ1v) is 2.98. The van der Waals surface area contributed by atoms with Crippen molar-refractivity contribution in [2.45, 2.75) is 6.92 Å². The van der Waals surface area contributed by atoms with Crippen molar-refractivity contribution in [2.75, 3.05) is 6.61 Å². The van der Waals surface area contributed by atoms with Crippen LogP contribution in [0.4, 0.5) is 0 Å². The lowest BCUT2D eigenvalue weighted by Gasteiger charge is -2.03. The van der Waals surface area contributed by atoms with Gasteiger partial charge in [-0.15, -0.1) is 0 Å². The Bertz CT molecular complexity index is 203. The Morgan fingerprint density at radius 3 is 2.58 bits per heavy atom. The van der Waals surface area contributed by atoms with Crippen LogP contribution in [0.3, 0.4) is 0 Å². The van der Waals surface area contributed by atoms with Crippen LogP contribution in [0.15, 0.2) is 0 Å². The summed E-state index contributed by atoms with van der Waals surface area (Å²) in [4.78, 5) is 20.8. The van der Waals surface area contributed by atoms with Gasteiger partial charge in [-0.2, -0.15) is 0 Å². The summed E-state index contributed by atoms with van der Waals surface area (Å²) in [6, 6.07) is 0. The molecule has 12 heavy (non-hydrogen) atoms. The van der Waals surface area contributed by atoms with Crippen molar-refractivity contribution in [3.8, 4) is 0 Å². The van der Waals surface area contributed by atoms with E-state index in [0.717, 1.165) is 6.92 Å². The number of nitrogens with one attached hydrogen (secondary N) is 3. The lowest BCUT2D eigenvalue weighted by atomic mass is 10.6. The van der Waals surface area contributed by atoms with Gasteiger partial charge in [0.15, 0.2) is 6.61 Å². The van der Waals surface area contributed by atoms with E-state index >= 15 is 0 Å². The molecule has 0 fully saturated rings. The third kappa shape index (κ3) is 5.18. The molecular formula is C5H9N3O4. The maximum absolute atomic E-state index is 10.6. The van der Waals surface area contributed by atoms with Crippen LogP contribution < -0.4 is 10.8 Å². The highest BCUT2D eigenvalue weighted by Gasteiger charge is 2.04. The minimum Gasteiger partial charge on any atom is -0.456 e. The standard InChI is InChI=1S/C5H9N3O4/c1-3(9)12-2-4(10)7-5(6)8-11/h11H,2H2,1H3,(H3,6,7,8,10). The summed E-state index contributed by atoms with van der Waals surface area (Å²) < 4.78 is 4.29. The van der Waals surface area contributed by atoms with Crippen molar-refractivity contribution in [1.82, 2.24) is 10.8 Å². The fourth-order valence-electron chi connectivity index (χ4n) is 0.371. The van der Waals surface area contributed by atoms with Crippen LogP contribution in [0.5, 0.6) is 0 Å². The predicted octanol–water partition coefficient (Wildman–Crippen LogP) is -1.42. The SMILES string of the molecule is CC(=O)OCC(=O)NC(=N)NO. The molecule has 0 heterocycles. The van der Waals surface area contributed by atoms with Crippen LogP contribution in [0.2, 0.25) is 0 Å². The first-order chi connectivity index (χ1) is 5.56. The smallest absolute Gasteiger partial charge is 0.303 e. The van der Waals surface area contributed by atoms with Crippen molar-refractivity contribution >= 4 is 17.8 Å². The summed E-state index contributed by atoms with van der Waals surface area (Å²) in [5, 5.41) is 16.7. The summed E-state index contributed by atoms with van der Waals surface area (Å²) in [6.45, 7) is 0.683. The molecule has 0 unspecified atom stereocenters. The Morgan fingerprint density at radius 1 is 1.58 bits per heavy atom. The molecule has 0 aromatic heterocycles. The van der Waals surface area contributed by atoms with Gasteiger partial charge in [0, 0.05) is 6.92 Å². The second-order valence-electron chi connectivity index (χ2n) is 1.82. The molecule has 1 amide bonds. The van der Waals surface area contributed by atoms with Gasteiger partial charge in [0.05, 0.1) is 0 Å². The number of carbonyl (C=O) groups excluding carboxylic acids is 2. The zero-order chi connectivity index (χ0) is 9.56. The molecule has 68 valence electrons. The number of hydrogen-bond acceptors (Lipinski definition) is 5. The van der Waals surface area contributed by atoms with Gasteiger partial charge in [0.25, 0.3) is 5.91 Å². The molecule has 0 bridgehead atoms. The summed E-state index contributed by atoms with van der Waals surface area (Å²) in [5.41, 5.74) is 1.39. The van der Waals surface area contributed by atoms with E-state index in [2.05, 4.69) is 4.74 Å². The van der Waals surface area contributed by atoms with Gasteiger partial charge in [0.2, 0.25) is 5.96 Å². The highest BCUT2D eigenvalue weighted by atomic mass is 16.5. The molecule has 0 aromatic carbocycles. The third-order valence-corrected chi connectivity index (χ3v) is 0.783. The molecule has 0 aliphatic carbocycles. The van der Waals surface area contributed by atoms with Crippen LogP contribution in [-0.2, 0) is 14.3 Å². The van der Waals surface area contributed by atoms with Gasteiger partial charge in [-0.1, -0.05) is 0 Å². The summed E-state index contributed by atoms with van der Waals surface area (Å²) in [7, 11) is 0. The molecule has 7 heteroatoms. The van der Waals surface area contributed by atoms with E-state index < -0.39 is 24.4 Å². The van der Waals surface area contributed by atoms with E-state index in [9.17, 15) is 9.59 Å². The van der Waals surface area contributed by atoms with E-state index in [1.165, 1.54) is 5.48 Å².